The number of carbonyl (C=O) groups excluding carboxylic acids is 1. The third-order valence-electron chi connectivity index (χ3n) is 0.831. The predicted octanol–water partition coefficient (Wildman–Crippen LogP) is 1.51. The molecule has 0 saturated heterocycles. The van der Waals surface area contributed by atoms with Crippen molar-refractivity contribution in [3.8, 4) is 0 Å². The monoisotopic (exact) mass is 179 g/mol. The Morgan fingerprint density at radius 3 is 2.38 bits per heavy atom. The zero-order valence-corrected chi connectivity index (χ0v) is 6.27. The molecular formula is C5H8BrO2. The first-order valence-corrected chi connectivity index (χ1v) is 3.42. The molecular weight excluding hydrogens is 172 g/mol. The Kier molecular flexibility index (Phi) is 3.87. The summed E-state index contributed by atoms with van der Waals surface area (Å²) in [6.45, 7) is 1.92. The third-order valence-corrected chi connectivity index (χ3v) is 1.80. The molecule has 0 aromatic rings. The minimum Gasteiger partial charge on any atom is -0.247 e. The lowest BCUT2D eigenvalue weighted by atomic mass is 10.2. The van der Waals surface area contributed by atoms with Crippen LogP contribution in [0.3, 0.4) is 0 Å². The number of rotatable bonds is 3. The number of halogens is 1. The second-order valence-corrected chi connectivity index (χ2v) is 2.88. The molecule has 1 atom stereocenters. The van der Waals surface area contributed by atoms with Gasteiger partial charge in [-0.05, 0) is 6.42 Å². The Morgan fingerprint density at radius 2 is 2.25 bits per heavy atom. The van der Waals surface area contributed by atoms with Crippen LogP contribution in [0.4, 0.5) is 0 Å². The highest BCUT2D eigenvalue weighted by Gasteiger charge is 2.06. The Hall–Kier alpha value is -0.0500. The first-order valence-electron chi connectivity index (χ1n) is 2.50. The summed E-state index contributed by atoms with van der Waals surface area (Å²) in [5.74, 6) is -0.992. The van der Waals surface area contributed by atoms with Gasteiger partial charge in [0.25, 0.3) is 0 Å². The van der Waals surface area contributed by atoms with Crippen molar-refractivity contribution in [2.75, 3.05) is 0 Å². The first kappa shape index (κ1) is 7.95. The lowest BCUT2D eigenvalue weighted by molar-refractivity contribution is -0.143. The number of alkyl halides is 1. The molecule has 1 radical (unpaired) electrons. The molecule has 0 saturated carbocycles. The summed E-state index contributed by atoms with van der Waals surface area (Å²) in [4.78, 5) is 9.90. The molecule has 8 heavy (non-hydrogen) atoms. The van der Waals surface area contributed by atoms with Crippen molar-refractivity contribution in [3.63, 3.8) is 0 Å². The Balaban J connectivity index is 3.24. The van der Waals surface area contributed by atoms with Gasteiger partial charge < -0.3 is 0 Å². The SMILES string of the molecule is CCC(Br)CC([O])=O. The molecule has 3 heteroatoms. The fraction of sp³-hybridized carbons (Fsp3) is 0.800. The Labute approximate surface area is 57.0 Å². The summed E-state index contributed by atoms with van der Waals surface area (Å²) in [7, 11) is 0. The quantitative estimate of drug-likeness (QED) is 0.606. The topological polar surface area (TPSA) is 37.0 Å². The molecule has 0 spiro atoms. The van der Waals surface area contributed by atoms with E-state index in [4.69, 9.17) is 0 Å². The molecule has 0 heterocycles. The number of hydrogen-bond donors (Lipinski definition) is 0. The van der Waals surface area contributed by atoms with Crippen LogP contribution in [0, 0.1) is 0 Å². The van der Waals surface area contributed by atoms with Crippen molar-refractivity contribution >= 4 is 21.9 Å². The van der Waals surface area contributed by atoms with E-state index in [9.17, 15) is 9.90 Å². The molecule has 0 rings (SSSR count). The van der Waals surface area contributed by atoms with Gasteiger partial charge in [0.1, 0.15) is 0 Å². The van der Waals surface area contributed by atoms with Crippen LogP contribution in [0.1, 0.15) is 19.8 Å². The van der Waals surface area contributed by atoms with E-state index in [0.29, 0.717) is 0 Å². The standard InChI is InChI=1S/C5H8BrO2/c1-2-4(6)3-5(7)8/h4H,2-3H2,1H3. The van der Waals surface area contributed by atoms with Gasteiger partial charge in [-0.25, -0.2) is 9.90 Å². The molecule has 0 bridgehead atoms. The van der Waals surface area contributed by atoms with Crippen LogP contribution in [0.5, 0.6) is 0 Å². The molecule has 0 aliphatic heterocycles. The van der Waals surface area contributed by atoms with Crippen molar-refractivity contribution in [1.82, 2.24) is 0 Å². The Bertz CT molecular complexity index is 82.5. The maximum absolute atomic E-state index is 9.83. The van der Waals surface area contributed by atoms with Crippen LogP contribution in [0.2, 0.25) is 0 Å². The van der Waals surface area contributed by atoms with Gasteiger partial charge in [-0.1, -0.05) is 22.9 Å². The summed E-state index contributed by atoms with van der Waals surface area (Å²) >= 11 is 3.16. The van der Waals surface area contributed by atoms with Gasteiger partial charge in [0, 0.05) is 4.83 Å². The fourth-order valence-electron chi connectivity index (χ4n) is 0.325. The molecule has 0 aromatic heterocycles. The maximum atomic E-state index is 9.83. The van der Waals surface area contributed by atoms with Gasteiger partial charge in [-0.2, -0.15) is 0 Å². The van der Waals surface area contributed by atoms with E-state index in [1.807, 2.05) is 6.92 Å². The van der Waals surface area contributed by atoms with Crippen LogP contribution in [0.15, 0.2) is 0 Å². The van der Waals surface area contributed by atoms with Crippen molar-refractivity contribution in [2.24, 2.45) is 0 Å². The smallest absolute Gasteiger partial charge is 0.247 e. The normalized spacial score (nSPS) is 13.2. The lowest BCUT2D eigenvalue weighted by Crippen LogP contribution is -2.03. The summed E-state index contributed by atoms with van der Waals surface area (Å²) < 4.78 is 0. The van der Waals surface area contributed by atoms with E-state index in [0.717, 1.165) is 6.42 Å². The van der Waals surface area contributed by atoms with Gasteiger partial charge in [0.2, 0.25) is 0 Å². The molecule has 0 aliphatic carbocycles. The van der Waals surface area contributed by atoms with E-state index >= 15 is 0 Å². The number of hydrogen-bond acceptors (Lipinski definition) is 1. The van der Waals surface area contributed by atoms with Crippen LogP contribution in [0.25, 0.3) is 0 Å². The average molecular weight is 180 g/mol. The molecule has 47 valence electrons. The van der Waals surface area contributed by atoms with E-state index in [1.54, 1.807) is 0 Å². The van der Waals surface area contributed by atoms with Crippen molar-refractivity contribution < 1.29 is 9.90 Å². The summed E-state index contributed by atoms with van der Waals surface area (Å²) in [6.07, 6.45) is 0.935. The third kappa shape index (κ3) is 4.12. The summed E-state index contributed by atoms with van der Waals surface area (Å²) in [5, 5.41) is 9.83. The molecule has 2 nitrogen and oxygen atoms in total. The van der Waals surface area contributed by atoms with Crippen molar-refractivity contribution in [1.29, 1.82) is 0 Å². The minimum absolute atomic E-state index is 0.0764. The van der Waals surface area contributed by atoms with Gasteiger partial charge in [0.15, 0.2) is 0 Å². The highest BCUT2D eigenvalue weighted by Crippen LogP contribution is 2.08. The first-order chi connectivity index (χ1) is 3.66. The van der Waals surface area contributed by atoms with Gasteiger partial charge in [0.05, 0.1) is 6.42 Å². The maximum Gasteiger partial charge on any atom is 0.356 e. The van der Waals surface area contributed by atoms with Gasteiger partial charge in [-0.3, -0.25) is 0 Å². The minimum atomic E-state index is -0.992. The molecule has 0 N–H and O–H groups in total. The molecule has 1 unspecified atom stereocenters. The summed E-state index contributed by atoms with van der Waals surface area (Å²) in [5.41, 5.74) is 0. The van der Waals surface area contributed by atoms with E-state index < -0.39 is 5.97 Å². The molecule has 0 fully saturated rings. The zero-order valence-electron chi connectivity index (χ0n) is 4.69. The lowest BCUT2D eigenvalue weighted by Gasteiger charge is -1.97. The summed E-state index contributed by atoms with van der Waals surface area (Å²) in [6, 6.07) is 0. The fourth-order valence-corrected chi connectivity index (χ4v) is 0.590. The van der Waals surface area contributed by atoms with Crippen molar-refractivity contribution in [2.45, 2.75) is 24.6 Å². The zero-order chi connectivity index (χ0) is 6.57. The highest BCUT2D eigenvalue weighted by molar-refractivity contribution is 9.09. The van der Waals surface area contributed by atoms with Crippen LogP contribution in [-0.2, 0) is 9.90 Å². The van der Waals surface area contributed by atoms with Gasteiger partial charge >= 0.3 is 5.97 Å². The molecule has 0 aromatic carbocycles. The van der Waals surface area contributed by atoms with Crippen LogP contribution in [-0.4, -0.2) is 10.8 Å². The Morgan fingerprint density at radius 1 is 1.75 bits per heavy atom. The van der Waals surface area contributed by atoms with E-state index in [-0.39, 0.29) is 11.2 Å². The van der Waals surface area contributed by atoms with E-state index in [2.05, 4.69) is 15.9 Å². The van der Waals surface area contributed by atoms with Crippen LogP contribution < -0.4 is 0 Å². The second kappa shape index (κ2) is 3.89. The van der Waals surface area contributed by atoms with Crippen molar-refractivity contribution in [3.05, 3.63) is 0 Å². The average Bonchev–Trinajstić information content (AvgIpc) is 1.65. The molecule has 0 amide bonds. The largest absolute Gasteiger partial charge is 0.356 e. The second-order valence-electron chi connectivity index (χ2n) is 1.58. The highest BCUT2D eigenvalue weighted by atomic mass is 79.9. The van der Waals surface area contributed by atoms with E-state index in [1.165, 1.54) is 0 Å². The van der Waals surface area contributed by atoms with Crippen LogP contribution >= 0.6 is 15.9 Å². The number of carbonyl (C=O) groups is 1. The predicted molar refractivity (Wildman–Crippen MR) is 33.3 cm³/mol. The molecule has 0 aliphatic rings. The van der Waals surface area contributed by atoms with Gasteiger partial charge in [-0.15, -0.1) is 0 Å².